The van der Waals surface area contributed by atoms with Crippen LogP contribution in [0.4, 0.5) is 15.9 Å². The first kappa shape index (κ1) is 13.0. The van der Waals surface area contributed by atoms with Gasteiger partial charge in [0.1, 0.15) is 11.6 Å². The lowest BCUT2D eigenvalue weighted by molar-refractivity contribution is -0.115. The third-order valence-electron chi connectivity index (χ3n) is 2.73. The summed E-state index contributed by atoms with van der Waals surface area (Å²) in [6.45, 7) is 1.82. The minimum Gasteiger partial charge on any atom is -0.397 e. The zero-order valence-corrected chi connectivity index (χ0v) is 10.5. The number of nitrogens with zero attached hydrogens (tertiary/aromatic N) is 1. The molecule has 0 bridgehead atoms. The quantitative estimate of drug-likeness (QED) is 0.888. The van der Waals surface area contributed by atoms with Gasteiger partial charge in [0.15, 0.2) is 0 Å². The molecule has 1 amide bonds. The summed E-state index contributed by atoms with van der Waals surface area (Å²) < 4.78 is 13.4. The van der Waals surface area contributed by atoms with Crippen LogP contribution in [0.5, 0.6) is 0 Å². The summed E-state index contributed by atoms with van der Waals surface area (Å²) >= 11 is 0. The Morgan fingerprint density at radius 2 is 2.16 bits per heavy atom. The van der Waals surface area contributed by atoms with E-state index in [1.54, 1.807) is 24.3 Å². The van der Waals surface area contributed by atoms with Crippen molar-refractivity contribution in [3.05, 3.63) is 53.5 Å². The van der Waals surface area contributed by atoms with E-state index in [-0.39, 0.29) is 18.1 Å². The normalized spacial score (nSPS) is 10.2. The van der Waals surface area contributed by atoms with E-state index in [1.165, 1.54) is 12.3 Å². The second-order valence-corrected chi connectivity index (χ2v) is 4.24. The average molecular weight is 259 g/mol. The van der Waals surface area contributed by atoms with Gasteiger partial charge in [-0.15, -0.1) is 0 Å². The lowest BCUT2D eigenvalue weighted by Crippen LogP contribution is -2.16. The first-order chi connectivity index (χ1) is 9.06. The average Bonchev–Trinajstić information content (AvgIpc) is 2.37. The molecule has 1 aromatic carbocycles. The van der Waals surface area contributed by atoms with Gasteiger partial charge in [-0.2, -0.15) is 0 Å². The van der Waals surface area contributed by atoms with Crippen LogP contribution in [0.3, 0.4) is 0 Å². The topological polar surface area (TPSA) is 68.0 Å². The van der Waals surface area contributed by atoms with Crippen LogP contribution in [0.2, 0.25) is 0 Å². The number of nitrogen functional groups attached to an aromatic ring is 1. The van der Waals surface area contributed by atoms with Gasteiger partial charge in [-0.25, -0.2) is 9.37 Å². The molecule has 4 nitrogen and oxygen atoms in total. The Kier molecular flexibility index (Phi) is 3.75. The Bertz CT molecular complexity index is 613. The molecule has 0 unspecified atom stereocenters. The molecule has 98 valence electrons. The molecule has 0 spiro atoms. The van der Waals surface area contributed by atoms with Crippen molar-refractivity contribution in [3.8, 4) is 0 Å². The van der Waals surface area contributed by atoms with Crippen LogP contribution in [-0.2, 0) is 11.2 Å². The highest BCUT2D eigenvalue weighted by Crippen LogP contribution is 2.14. The van der Waals surface area contributed by atoms with Gasteiger partial charge in [0.25, 0.3) is 0 Å². The van der Waals surface area contributed by atoms with Crippen molar-refractivity contribution < 1.29 is 9.18 Å². The fraction of sp³-hybridized carbons (Fsp3) is 0.143. The predicted molar refractivity (Wildman–Crippen MR) is 72.1 cm³/mol. The van der Waals surface area contributed by atoms with Crippen molar-refractivity contribution in [2.75, 3.05) is 11.1 Å². The van der Waals surface area contributed by atoms with Crippen molar-refractivity contribution in [2.45, 2.75) is 13.3 Å². The summed E-state index contributed by atoms with van der Waals surface area (Å²) in [5.74, 6) is -0.297. The van der Waals surface area contributed by atoms with Crippen molar-refractivity contribution in [1.29, 1.82) is 0 Å². The zero-order valence-electron chi connectivity index (χ0n) is 10.5. The zero-order chi connectivity index (χ0) is 13.8. The van der Waals surface area contributed by atoms with Crippen LogP contribution in [-0.4, -0.2) is 10.9 Å². The fourth-order valence-electron chi connectivity index (χ4n) is 1.64. The number of hydrogen-bond acceptors (Lipinski definition) is 3. The highest BCUT2D eigenvalue weighted by molar-refractivity contribution is 5.91. The van der Waals surface area contributed by atoms with E-state index in [2.05, 4.69) is 10.3 Å². The molecule has 0 atom stereocenters. The number of carbonyl (C=O) groups excluding carboxylic acids is 1. The van der Waals surface area contributed by atoms with E-state index >= 15 is 0 Å². The molecule has 2 aromatic rings. The van der Waals surface area contributed by atoms with Crippen LogP contribution < -0.4 is 11.1 Å². The molecule has 19 heavy (non-hydrogen) atoms. The van der Waals surface area contributed by atoms with Gasteiger partial charge in [0.2, 0.25) is 5.91 Å². The summed E-state index contributed by atoms with van der Waals surface area (Å²) in [4.78, 5) is 15.8. The third-order valence-corrected chi connectivity index (χ3v) is 2.73. The molecule has 1 heterocycles. The first-order valence-electron chi connectivity index (χ1n) is 5.81. The van der Waals surface area contributed by atoms with Crippen molar-refractivity contribution >= 4 is 17.4 Å². The lowest BCUT2D eigenvalue weighted by atomic mass is 10.1. The molecule has 0 aliphatic carbocycles. The number of carbonyl (C=O) groups is 1. The van der Waals surface area contributed by atoms with Crippen molar-refractivity contribution in [2.24, 2.45) is 0 Å². The number of benzene rings is 1. The number of nitrogens with two attached hydrogens (primary N) is 1. The van der Waals surface area contributed by atoms with Gasteiger partial charge in [-0.1, -0.05) is 18.2 Å². The molecular formula is C14H14FN3O. The minimum atomic E-state index is -0.390. The van der Waals surface area contributed by atoms with Crippen LogP contribution in [0.1, 0.15) is 11.1 Å². The molecule has 0 aliphatic rings. The summed E-state index contributed by atoms with van der Waals surface area (Å²) in [6.07, 6.45) is 1.45. The molecule has 0 aliphatic heterocycles. The Hall–Kier alpha value is -2.43. The van der Waals surface area contributed by atoms with Gasteiger partial charge in [0.05, 0.1) is 18.3 Å². The highest BCUT2D eigenvalue weighted by Gasteiger charge is 2.08. The predicted octanol–water partition coefficient (Wildman–Crippen LogP) is 2.29. The van der Waals surface area contributed by atoms with E-state index in [0.29, 0.717) is 17.1 Å². The smallest absolute Gasteiger partial charge is 0.230 e. The van der Waals surface area contributed by atoms with Gasteiger partial charge < -0.3 is 11.1 Å². The maximum atomic E-state index is 13.4. The number of halogens is 1. The lowest BCUT2D eigenvalue weighted by Gasteiger charge is -2.07. The summed E-state index contributed by atoms with van der Waals surface area (Å²) in [6, 6.07) is 7.86. The van der Waals surface area contributed by atoms with Crippen LogP contribution in [0.25, 0.3) is 0 Å². The van der Waals surface area contributed by atoms with Crippen molar-refractivity contribution in [3.63, 3.8) is 0 Å². The van der Waals surface area contributed by atoms with E-state index < -0.39 is 0 Å². The molecule has 0 fully saturated rings. The Morgan fingerprint density at radius 3 is 2.84 bits per heavy atom. The minimum absolute atomic E-state index is 0.0300. The van der Waals surface area contributed by atoms with E-state index in [9.17, 15) is 9.18 Å². The number of rotatable bonds is 3. The van der Waals surface area contributed by atoms with E-state index in [4.69, 9.17) is 5.73 Å². The van der Waals surface area contributed by atoms with Gasteiger partial charge in [-0.05, 0) is 30.2 Å². The van der Waals surface area contributed by atoms with E-state index in [1.807, 2.05) is 6.92 Å². The molecular weight excluding hydrogens is 245 g/mol. The number of pyridine rings is 1. The Morgan fingerprint density at radius 1 is 1.42 bits per heavy atom. The molecule has 0 saturated heterocycles. The Labute approximate surface area is 110 Å². The number of amides is 1. The summed E-state index contributed by atoms with van der Waals surface area (Å²) in [7, 11) is 0. The van der Waals surface area contributed by atoms with Gasteiger partial charge in [-0.3, -0.25) is 4.79 Å². The number of aryl methyl sites for hydroxylation is 1. The number of nitrogens with one attached hydrogen (secondary N) is 1. The second kappa shape index (κ2) is 5.48. The van der Waals surface area contributed by atoms with E-state index in [0.717, 1.165) is 5.56 Å². The van der Waals surface area contributed by atoms with Crippen molar-refractivity contribution in [1.82, 2.24) is 4.98 Å². The SMILES string of the molecule is Cc1cc(NC(=O)Cc2ccccc2F)ncc1N. The first-order valence-corrected chi connectivity index (χ1v) is 5.81. The monoisotopic (exact) mass is 259 g/mol. The fourth-order valence-corrected chi connectivity index (χ4v) is 1.64. The Balaban J connectivity index is 2.05. The number of hydrogen-bond donors (Lipinski definition) is 2. The third kappa shape index (κ3) is 3.28. The molecule has 2 rings (SSSR count). The second-order valence-electron chi connectivity index (χ2n) is 4.24. The molecule has 0 radical (unpaired) electrons. The highest BCUT2D eigenvalue weighted by atomic mass is 19.1. The standard InChI is InChI=1S/C14H14FN3O/c1-9-6-13(17-8-12(9)16)18-14(19)7-10-4-2-3-5-11(10)15/h2-6,8H,7,16H2,1H3,(H,17,18,19). The molecule has 3 N–H and O–H groups in total. The summed E-state index contributed by atoms with van der Waals surface area (Å²) in [5.41, 5.74) is 7.38. The largest absolute Gasteiger partial charge is 0.397 e. The summed E-state index contributed by atoms with van der Waals surface area (Å²) in [5, 5.41) is 2.61. The van der Waals surface area contributed by atoms with Crippen LogP contribution >= 0.6 is 0 Å². The van der Waals surface area contributed by atoms with Gasteiger partial charge >= 0.3 is 0 Å². The van der Waals surface area contributed by atoms with Gasteiger partial charge in [0, 0.05) is 0 Å². The van der Waals surface area contributed by atoms with Crippen LogP contribution in [0, 0.1) is 12.7 Å². The maximum absolute atomic E-state index is 13.4. The molecule has 1 aromatic heterocycles. The molecule has 0 saturated carbocycles. The molecule has 5 heteroatoms. The maximum Gasteiger partial charge on any atom is 0.230 e. The van der Waals surface area contributed by atoms with Crippen LogP contribution in [0.15, 0.2) is 36.5 Å². The number of aromatic nitrogens is 1. The number of anilines is 2.